The summed E-state index contributed by atoms with van der Waals surface area (Å²) in [7, 11) is 3.06. The van der Waals surface area contributed by atoms with E-state index < -0.39 is 9.05 Å². The Morgan fingerprint density at radius 3 is 2.67 bits per heavy atom. The van der Waals surface area contributed by atoms with Gasteiger partial charge in [-0.3, -0.25) is 0 Å². The minimum absolute atomic E-state index is 0.103. The molecule has 1 aromatic heterocycles. The molecule has 5 nitrogen and oxygen atoms in total. The summed E-state index contributed by atoms with van der Waals surface area (Å²) in [6.45, 7) is 0. The summed E-state index contributed by atoms with van der Waals surface area (Å²) in [5, 5.41) is 7.40. The van der Waals surface area contributed by atoms with Gasteiger partial charge in [-0.05, 0) is 17.5 Å². The number of aromatic nitrogens is 3. The van der Waals surface area contributed by atoms with Crippen LogP contribution >= 0.6 is 10.7 Å². The summed E-state index contributed by atoms with van der Waals surface area (Å²) in [5.41, 5.74) is 2.44. The highest BCUT2D eigenvalue weighted by atomic mass is 35.7. The van der Waals surface area contributed by atoms with Crippen LogP contribution in [0.5, 0.6) is 0 Å². The Kier molecular flexibility index (Phi) is 2.46. The lowest BCUT2D eigenvalue weighted by Gasteiger charge is -2.28. The molecule has 0 bridgehead atoms. The van der Waals surface area contributed by atoms with Crippen molar-refractivity contribution in [2.45, 2.75) is 17.5 Å². The van der Waals surface area contributed by atoms with Crippen LogP contribution in [-0.2, 0) is 22.5 Å². The van der Waals surface area contributed by atoms with E-state index in [0.717, 1.165) is 6.42 Å². The summed E-state index contributed by atoms with van der Waals surface area (Å²) in [5.74, 6) is 0.735. The van der Waals surface area contributed by atoms with Gasteiger partial charge in [0.25, 0.3) is 14.2 Å². The maximum absolute atomic E-state index is 11.3. The lowest BCUT2D eigenvalue weighted by Crippen LogP contribution is -2.21. The van der Waals surface area contributed by atoms with Crippen LogP contribution in [0.25, 0.3) is 0 Å². The fraction of sp³-hybridized carbons (Fsp3) is 0.273. The zero-order chi connectivity index (χ0) is 12.9. The first kappa shape index (κ1) is 11.7. The molecule has 0 N–H and O–H groups in total. The number of benzene rings is 1. The Bertz CT molecular complexity index is 724. The molecule has 0 saturated carbocycles. The summed E-state index contributed by atoms with van der Waals surface area (Å²) >= 11 is 0. The molecule has 1 unspecified atom stereocenters. The molecule has 2 aromatic rings. The SMILES string of the molecule is Cn1c(C2Cc3ccccc32)nnc1S(=O)(=O)Cl. The standard InChI is InChI=1S/C11H10ClN3O2S/c1-15-10(13-14-11(15)18(12,16)17)9-6-7-4-2-3-5-8(7)9/h2-5,9H,6H2,1H3. The van der Waals surface area contributed by atoms with Crippen molar-refractivity contribution in [3.63, 3.8) is 0 Å². The molecule has 94 valence electrons. The third-order valence-electron chi connectivity index (χ3n) is 3.25. The molecule has 1 aliphatic rings. The van der Waals surface area contributed by atoms with Gasteiger partial charge in [0.1, 0.15) is 5.82 Å². The number of hydrogen-bond acceptors (Lipinski definition) is 4. The Morgan fingerprint density at radius 2 is 2.06 bits per heavy atom. The van der Waals surface area contributed by atoms with Crippen molar-refractivity contribution in [3.8, 4) is 0 Å². The minimum Gasteiger partial charge on any atom is -0.303 e. The predicted molar refractivity (Wildman–Crippen MR) is 66.0 cm³/mol. The molecule has 18 heavy (non-hydrogen) atoms. The molecule has 1 atom stereocenters. The normalized spacial score (nSPS) is 18.2. The molecule has 7 heteroatoms. The third-order valence-corrected chi connectivity index (χ3v) is 4.46. The molecule has 0 spiro atoms. The Morgan fingerprint density at radius 1 is 1.33 bits per heavy atom. The molecular weight excluding hydrogens is 274 g/mol. The van der Waals surface area contributed by atoms with Crippen LogP contribution in [0.3, 0.4) is 0 Å². The van der Waals surface area contributed by atoms with Crippen LogP contribution in [0.4, 0.5) is 0 Å². The van der Waals surface area contributed by atoms with E-state index in [4.69, 9.17) is 10.7 Å². The van der Waals surface area contributed by atoms with E-state index >= 15 is 0 Å². The van der Waals surface area contributed by atoms with Gasteiger partial charge >= 0.3 is 0 Å². The second-order valence-electron chi connectivity index (χ2n) is 4.29. The molecule has 3 rings (SSSR count). The van der Waals surface area contributed by atoms with Crippen LogP contribution in [0.1, 0.15) is 22.9 Å². The van der Waals surface area contributed by atoms with Gasteiger partial charge in [-0.1, -0.05) is 24.3 Å². The highest BCUT2D eigenvalue weighted by molar-refractivity contribution is 8.13. The van der Waals surface area contributed by atoms with Gasteiger partial charge in [0.2, 0.25) is 0 Å². The van der Waals surface area contributed by atoms with Crippen molar-refractivity contribution < 1.29 is 8.42 Å². The molecule has 1 heterocycles. The Labute approximate surface area is 109 Å². The Balaban J connectivity index is 2.05. The number of rotatable bonds is 2. The number of hydrogen-bond donors (Lipinski definition) is 0. The van der Waals surface area contributed by atoms with E-state index in [1.54, 1.807) is 7.05 Å². The average molecular weight is 284 g/mol. The van der Waals surface area contributed by atoms with Gasteiger partial charge in [-0.15, -0.1) is 10.2 Å². The molecule has 0 amide bonds. The van der Waals surface area contributed by atoms with Crippen molar-refractivity contribution in [2.24, 2.45) is 7.05 Å². The minimum atomic E-state index is -3.85. The molecule has 0 aliphatic heterocycles. The predicted octanol–water partition coefficient (Wildman–Crippen LogP) is 1.43. The van der Waals surface area contributed by atoms with Gasteiger partial charge < -0.3 is 4.57 Å². The van der Waals surface area contributed by atoms with Crippen LogP contribution in [0.2, 0.25) is 0 Å². The van der Waals surface area contributed by atoms with Crippen LogP contribution in [0.15, 0.2) is 29.4 Å². The van der Waals surface area contributed by atoms with Crippen LogP contribution < -0.4 is 0 Å². The maximum Gasteiger partial charge on any atom is 0.296 e. The lowest BCUT2D eigenvalue weighted by molar-refractivity contribution is 0.580. The van der Waals surface area contributed by atoms with Crippen LogP contribution in [0, 0.1) is 0 Å². The average Bonchev–Trinajstić information content (AvgIpc) is 2.62. The van der Waals surface area contributed by atoms with Crippen molar-refractivity contribution in [1.82, 2.24) is 14.8 Å². The molecule has 1 aromatic carbocycles. The van der Waals surface area contributed by atoms with E-state index in [-0.39, 0.29) is 11.1 Å². The molecular formula is C11H10ClN3O2S. The van der Waals surface area contributed by atoms with E-state index in [1.807, 2.05) is 18.2 Å². The van der Waals surface area contributed by atoms with E-state index in [1.165, 1.54) is 15.7 Å². The summed E-state index contributed by atoms with van der Waals surface area (Å²) in [6.07, 6.45) is 0.852. The van der Waals surface area contributed by atoms with Crippen molar-refractivity contribution in [3.05, 3.63) is 41.2 Å². The largest absolute Gasteiger partial charge is 0.303 e. The summed E-state index contributed by atoms with van der Waals surface area (Å²) in [6, 6.07) is 8.02. The van der Waals surface area contributed by atoms with Gasteiger partial charge in [0.15, 0.2) is 0 Å². The highest BCUT2D eigenvalue weighted by Gasteiger charge is 2.32. The van der Waals surface area contributed by atoms with Gasteiger partial charge in [0.05, 0.1) is 0 Å². The first-order valence-electron chi connectivity index (χ1n) is 5.40. The Hall–Kier alpha value is -1.40. The first-order chi connectivity index (χ1) is 8.48. The maximum atomic E-state index is 11.3. The van der Waals surface area contributed by atoms with Crippen molar-refractivity contribution in [1.29, 1.82) is 0 Å². The lowest BCUT2D eigenvalue weighted by atomic mass is 9.77. The van der Waals surface area contributed by atoms with E-state index in [2.05, 4.69) is 16.3 Å². The third kappa shape index (κ3) is 1.64. The zero-order valence-corrected chi connectivity index (χ0v) is 11.1. The fourth-order valence-electron chi connectivity index (χ4n) is 2.33. The summed E-state index contributed by atoms with van der Waals surface area (Å²) in [4.78, 5) is 0. The van der Waals surface area contributed by atoms with Gasteiger partial charge in [-0.25, -0.2) is 8.42 Å². The van der Waals surface area contributed by atoms with Crippen molar-refractivity contribution in [2.75, 3.05) is 0 Å². The molecule has 0 saturated heterocycles. The zero-order valence-electron chi connectivity index (χ0n) is 9.54. The van der Waals surface area contributed by atoms with E-state index in [9.17, 15) is 8.42 Å². The number of nitrogens with zero attached hydrogens (tertiary/aromatic N) is 3. The van der Waals surface area contributed by atoms with Gasteiger partial charge in [-0.2, -0.15) is 0 Å². The molecule has 1 aliphatic carbocycles. The quantitative estimate of drug-likeness (QED) is 0.782. The smallest absolute Gasteiger partial charge is 0.296 e. The first-order valence-corrected chi connectivity index (χ1v) is 7.71. The number of halogens is 1. The monoisotopic (exact) mass is 283 g/mol. The highest BCUT2D eigenvalue weighted by Crippen LogP contribution is 2.39. The second-order valence-corrected chi connectivity index (χ2v) is 6.75. The molecule has 0 fully saturated rings. The molecule has 0 radical (unpaired) electrons. The number of fused-ring (bicyclic) bond motifs is 1. The second kappa shape index (κ2) is 3.80. The van der Waals surface area contributed by atoms with Crippen molar-refractivity contribution >= 4 is 19.7 Å². The van der Waals surface area contributed by atoms with E-state index in [0.29, 0.717) is 5.82 Å². The summed E-state index contributed by atoms with van der Waals surface area (Å²) < 4.78 is 24.0. The fourth-order valence-corrected chi connectivity index (χ4v) is 3.29. The van der Waals surface area contributed by atoms with Crippen LogP contribution in [-0.4, -0.2) is 23.2 Å². The topological polar surface area (TPSA) is 64.8 Å². The van der Waals surface area contributed by atoms with Gasteiger partial charge in [0, 0.05) is 23.6 Å².